The number of pyridine rings is 1. The molecular weight excluding hydrogens is 538 g/mol. The maximum absolute atomic E-state index is 13.7. The predicted octanol–water partition coefficient (Wildman–Crippen LogP) is 4.04. The molecule has 0 amide bonds. The summed E-state index contributed by atoms with van der Waals surface area (Å²) in [7, 11) is -5.58. The van der Waals surface area contributed by atoms with E-state index in [-0.39, 0.29) is 30.0 Å². The van der Waals surface area contributed by atoms with Gasteiger partial charge in [-0.3, -0.25) is 4.98 Å². The Balaban J connectivity index is 1.20. The van der Waals surface area contributed by atoms with Crippen LogP contribution in [-0.4, -0.2) is 74.1 Å². The van der Waals surface area contributed by atoms with Gasteiger partial charge >= 0.3 is 0 Å². The van der Waals surface area contributed by atoms with Gasteiger partial charge in [0.05, 0.1) is 17.8 Å². The molecular formula is C28H39N3O6S2. The van der Waals surface area contributed by atoms with Crippen molar-refractivity contribution < 1.29 is 26.3 Å². The molecule has 0 spiro atoms. The zero-order chi connectivity index (χ0) is 27.8. The van der Waals surface area contributed by atoms with Gasteiger partial charge in [0.25, 0.3) is 0 Å². The maximum atomic E-state index is 13.7. The average molecular weight is 578 g/mol. The molecule has 0 N–H and O–H groups in total. The van der Waals surface area contributed by atoms with Crippen molar-refractivity contribution in [2.24, 2.45) is 0 Å². The molecule has 3 fully saturated rings. The number of nitrogens with zero attached hydrogens (tertiary/aromatic N) is 3. The van der Waals surface area contributed by atoms with Gasteiger partial charge in [0, 0.05) is 49.9 Å². The average Bonchev–Trinajstić information content (AvgIpc) is 3.47. The highest BCUT2D eigenvalue weighted by Crippen LogP contribution is 2.40. The molecule has 3 aliphatic heterocycles. The monoisotopic (exact) mass is 577 g/mol. The normalized spacial score (nSPS) is 26.1. The molecule has 3 aliphatic rings. The number of hydrogen-bond acceptors (Lipinski definition) is 7. The second-order valence-corrected chi connectivity index (χ2v) is 14.9. The fourth-order valence-corrected chi connectivity index (χ4v) is 11.0. The fraction of sp³-hybridized carbons (Fsp3) is 0.607. The molecule has 1 unspecified atom stereocenters. The van der Waals surface area contributed by atoms with Crippen molar-refractivity contribution in [3.05, 3.63) is 47.8 Å². The zero-order valence-electron chi connectivity index (χ0n) is 23.0. The van der Waals surface area contributed by atoms with E-state index in [1.54, 1.807) is 54.1 Å². The lowest BCUT2D eigenvalue weighted by Gasteiger charge is -2.38. The Morgan fingerprint density at radius 2 is 1.59 bits per heavy atom. The largest absolute Gasteiger partial charge is 0.497 e. The highest BCUT2D eigenvalue weighted by molar-refractivity contribution is 7.89. The van der Waals surface area contributed by atoms with Crippen molar-refractivity contribution in [1.29, 1.82) is 0 Å². The number of piperidine rings is 1. The van der Waals surface area contributed by atoms with Gasteiger partial charge in [0.1, 0.15) is 17.6 Å². The summed E-state index contributed by atoms with van der Waals surface area (Å²) in [5, 5.41) is 0. The minimum absolute atomic E-state index is 0.00142. The summed E-state index contributed by atoms with van der Waals surface area (Å²) in [5.41, 5.74) is 1.32. The highest BCUT2D eigenvalue weighted by Gasteiger charge is 2.47. The van der Waals surface area contributed by atoms with Crippen LogP contribution in [0.4, 0.5) is 0 Å². The van der Waals surface area contributed by atoms with E-state index in [9.17, 15) is 16.8 Å². The summed E-state index contributed by atoms with van der Waals surface area (Å²) >= 11 is 0. The Morgan fingerprint density at radius 1 is 0.949 bits per heavy atom. The number of aryl methyl sites for hydroxylation is 2. The minimum atomic E-state index is -3.70. The summed E-state index contributed by atoms with van der Waals surface area (Å²) in [6.45, 7) is 4.04. The first-order chi connectivity index (χ1) is 18.6. The van der Waals surface area contributed by atoms with E-state index in [1.165, 1.54) is 0 Å². The molecule has 39 heavy (non-hydrogen) atoms. The van der Waals surface area contributed by atoms with E-state index < -0.39 is 20.0 Å². The van der Waals surface area contributed by atoms with Crippen molar-refractivity contribution in [2.45, 2.75) is 94.3 Å². The quantitative estimate of drug-likeness (QED) is 0.420. The van der Waals surface area contributed by atoms with E-state index in [1.807, 2.05) is 12.1 Å². The van der Waals surface area contributed by atoms with Gasteiger partial charge in [-0.15, -0.1) is 0 Å². The molecule has 11 heteroatoms. The third kappa shape index (κ3) is 5.82. The van der Waals surface area contributed by atoms with Gasteiger partial charge in [0.15, 0.2) is 0 Å². The van der Waals surface area contributed by atoms with E-state index in [0.717, 1.165) is 31.4 Å². The van der Waals surface area contributed by atoms with Gasteiger partial charge in [-0.1, -0.05) is 0 Å². The fourth-order valence-electron chi connectivity index (χ4n) is 6.82. The summed E-state index contributed by atoms with van der Waals surface area (Å²) in [5.74, 6) is 1.44. The van der Waals surface area contributed by atoms with Crippen LogP contribution in [-0.2, 0) is 20.0 Å². The van der Waals surface area contributed by atoms with E-state index in [4.69, 9.17) is 9.47 Å². The molecule has 2 bridgehead atoms. The van der Waals surface area contributed by atoms with E-state index >= 15 is 0 Å². The number of rotatable bonds is 10. The molecule has 0 radical (unpaired) electrons. The highest BCUT2D eigenvalue weighted by atomic mass is 32.2. The van der Waals surface area contributed by atoms with Crippen LogP contribution < -0.4 is 9.47 Å². The number of fused-ring (bicyclic) bond motifs is 2. The van der Waals surface area contributed by atoms with Crippen LogP contribution in [0.2, 0.25) is 0 Å². The zero-order valence-corrected chi connectivity index (χ0v) is 24.6. The summed E-state index contributed by atoms with van der Waals surface area (Å²) in [6.07, 6.45) is 8.97. The molecule has 4 atom stereocenters. The molecule has 1 aromatic carbocycles. The first kappa shape index (κ1) is 28.3. The topological polar surface area (TPSA) is 106 Å². The van der Waals surface area contributed by atoms with Crippen LogP contribution in [0, 0.1) is 13.8 Å². The third-order valence-corrected chi connectivity index (χ3v) is 12.7. The van der Waals surface area contributed by atoms with Crippen LogP contribution in [0.1, 0.15) is 62.5 Å². The molecule has 5 rings (SSSR count). The number of ether oxygens (including phenoxy) is 2. The van der Waals surface area contributed by atoms with Crippen LogP contribution >= 0.6 is 0 Å². The second kappa shape index (κ2) is 11.3. The van der Waals surface area contributed by atoms with Crippen molar-refractivity contribution in [3.63, 3.8) is 0 Å². The SMILES string of the molecule is COc1cc(C)c(S(=O)(=O)N2CCC[C@H]2CCCS(=O)(=O)N2[C@@H]3CC[C@H]2CC(Oc2ccncc2)C3)c(C)c1. The third-order valence-electron chi connectivity index (χ3n) is 8.40. The molecule has 1 aromatic heterocycles. The smallest absolute Gasteiger partial charge is 0.243 e. The van der Waals surface area contributed by atoms with Crippen LogP contribution in [0.15, 0.2) is 41.6 Å². The van der Waals surface area contributed by atoms with Crippen molar-refractivity contribution in [2.75, 3.05) is 19.4 Å². The standard InChI is InChI=1S/C28H39N3O6S2/c1-20-16-26(36-3)17-21(2)28(20)39(34,35)30-14-4-6-22(30)7-5-15-38(32,33)31-23-8-9-24(31)19-27(18-23)37-25-10-12-29-13-11-25/h10-13,16-17,22-24,27H,4-9,14-15,18-19H2,1-3H3/t22-,23-,24+,27?/m0/s1. The molecule has 0 saturated carbocycles. The molecule has 3 saturated heterocycles. The van der Waals surface area contributed by atoms with E-state index in [2.05, 4.69) is 4.98 Å². The minimum Gasteiger partial charge on any atom is -0.497 e. The van der Waals surface area contributed by atoms with Crippen LogP contribution in [0.5, 0.6) is 11.5 Å². The summed E-state index contributed by atoms with van der Waals surface area (Å²) in [6, 6.07) is 6.88. The summed E-state index contributed by atoms with van der Waals surface area (Å²) in [4.78, 5) is 4.35. The molecule has 9 nitrogen and oxygen atoms in total. The summed E-state index contributed by atoms with van der Waals surface area (Å²) < 4.78 is 69.1. The van der Waals surface area contributed by atoms with Gasteiger partial charge < -0.3 is 9.47 Å². The van der Waals surface area contributed by atoms with Gasteiger partial charge in [-0.25, -0.2) is 16.8 Å². The number of aromatic nitrogens is 1. The van der Waals surface area contributed by atoms with Crippen molar-refractivity contribution in [3.8, 4) is 11.5 Å². The Morgan fingerprint density at radius 3 is 2.21 bits per heavy atom. The van der Waals surface area contributed by atoms with Gasteiger partial charge in [-0.05, 0) is 87.8 Å². The lowest BCUT2D eigenvalue weighted by atomic mass is 10.0. The van der Waals surface area contributed by atoms with Crippen molar-refractivity contribution >= 4 is 20.0 Å². The second-order valence-electron chi connectivity index (χ2n) is 11.1. The van der Waals surface area contributed by atoms with Gasteiger partial charge in [0.2, 0.25) is 20.0 Å². The number of methoxy groups -OCH3 is 1. The van der Waals surface area contributed by atoms with Crippen molar-refractivity contribution in [1.82, 2.24) is 13.6 Å². The number of sulfonamides is 2. The van der Waals surface area contributed by atoms with Crippen LogP contribution in [0.3, 0.4) is 0 Å². The number of hydrogen-bond donors (Lipinski definition) is 0. The first-order valence-electron chi connectivity index (χ1n) is 13.8. The molecule has 2 aromatic rings. The Kier molecular flexibility index (Phi) is 8.24. The van der Waals surface area contributed by atoms with Gasteiger partial charge in [-0.2, -0.15) is 8.61 Å². The van der Waals surface area contributed by atoms with Crippen LogP contribution in [0.25, 0.3) is 0 Å². The Labute approximate surface area is 232 Å². The predicted molar refractivity (Wildman–Crippen MR) is 149 cm³/mol. The Bertz CT molecular complexity index is 1350. The molecule has 0 aliphatic carbocycles. The lowest BCUT2D eigenvalue weighted by Crippen LogP contribution is -2.50. The maximum Gasteiger partial charge on any atom is 0.243 e. The molecule has 214 valence electrons. The Hall–Kier alpha value is -2.21. The first-order valence-corrected chi connectivity index (χ1v) is 16.9. The van der Waals surface area contributed by atoms with E-state index in [0.29, 0.717) is 54.0 Å². The lowest BCUT2D eigenvalue weighted by molar-refractivity contribution is 0.0956. The number of benzene rings is 1. The molecule has 4 heterocycles.